The number of Topliss-reactive ketones (excluding diaryl/α,β-unsaturated/α-hetero) is 1. The number of carbonyl (C=O) groups is 1. The number of halogens is 2. The molecule has 1 rings (SSSR count). The molecule has 2 nitrogen and oxygen atoms in total. The average molecular weight is 285 g/mol. The Kier molecular flexibility index (Phi) is 2.46. The van der Waals surface area contributed by atoms with Crippen molar-refractivity contribution in [3.05, 3.63) is 34.9 Å². The topological polar surface area (TPSA) is 29.1 Å². The minimum Gasteiger partial charge on any atom is -0.303 e. The van der Waals surface area contributed by atoms with Crippen molar-refractivity contribution in [3.63, 3.8) is 0 Å². The third-order valence-electron chi connectivity index (χ3n) is 1.94. The lowest BCUT2D eigenvalue weighted by Gasteiger charge is -2.25. The SMILES string of the molecule is Cl.[2H]C([2H])([2H])C(NC(C)C(=O)c1cccc(Cl)c1)(C([2H])([2H])[2H])C([2H])([2H])[2H]. The number of benzene rings is 1. The Bertz CT molecular complexity index is 604. The number of ketones is 1. The maximum atomic E-state index is 12.5. The molecule has 0 aliphatic rings. The van der Waals surface area contributed by atoms with Gasteiger partial charge in [-0.1, -0.05) is 23.7 Å². The van der Waals surface area contributed by atoms with Gasteiger partial charge in [0.15, 0.2) is 5.78 Å². The Hall–Kier alpha value is -0.570. The van der Waals surface area contributed by atoms with E-state index in [2.05, 4.69) is 5.32 Å². The summed E-state index contributed by atoms with van der Waals surface area (Å²) in [7, 11) is 0. The molecule has 0 saturated heterocycles. The van der Waals surface area contributed by atoms with Crippen LogP contribution in [0.5, 0.6) is 0 Å². The molecular weight excluding hydrogens is 257 g/mol. The van der Waals surface area contributed by atoms with Crippen LogP contribution in [0.25, 0.3) is 0 Å². The lowest BCUT2D eigenvalue weighted by molar-refractivity contribution is 0.0936. The summed E-state index contributed by atoms with van der Waals surface area (Å²) in [4.78, 5) is 12.5. The highest BCUT2D eigenvalue weighted by molar-refractivity contribution is 6.31. The van der Waals surface area contributed by atoms with Gasteiger partial charge in [0.2, 0.25) is 0 Å². The van der Waals surface area contributed by atoms with Crippen LogP contribution >= 0.6 is 24.0 Å². The first-order valence-electron chi connectivity index (χ1n) is 9.12. The van der Waals surface area contributed by atoms with Crippen LogP contribution in [0.1, 0.15) is 50.2 Å². The molecule has 0 aromatic heterocycles. The fraction of sp³-hybridized carbons (Fsp3) is 0.462. The molecule has 0 radical (unpaired) electrons. The molecule has 0 saturated carbocycles. The predicted octanol–water partition coefficient (Wildman–Crippen LogP) is 3.72. The second-order valence-corrected chi connectivity index (χ2v) is 3.93. The van der Waals surface area contributed by atoms with E-state index in [1.807, 2.05) is 0 Å². The van der Waals surface area contributed by atoms with Gasteiger partial charge in [0.1, 0.15) is 0 Å². The molecule has 0 bridgehead atoms. The largest absolute Gasteiger partial charge is 0.303 e. The zero-order valence-electron chi connectivity index (χ0n) is 18.1. The van der Waals surface area contributed by atoms with Crippen LogP contribution in [0.4, 0.5) is 0 Å². The minimum atomic E-state index is -3.42. The van der Waals surface area contributed by atoms with Gasteiger partial charge in [0.25, 0.3) is 0 Å². The molecule has 0 amide bonds. The van der Waals surface area contributed by atoms with E-state index in [9.17, 15) is 4.79 Å². The molecule has 1 unspecified atom stereocenters. The summed E-state index contributed by atoms with van der Waals surface area (Å²) < 4.78 is 67.9. The first-order valence-corrected chi connectivity index (χ1v) is 5.00. The van der Waals surface area contributed by atoms with Crippen LogP contribution in [-0.4, -0.2) is 17.4 Å². The van der Waals surface area contributed by atoms with Gasteiger partial charge in [-0.15, -0.1) is 12.4 Å². The smallest absolute Gasteiger partial charge is 0.179 e. The van der Waals surface area contributed by atoms with Crippen molar-refractivity contribution in [1.82, 2.24) is 5.32 Å². The maximum Gasteiger partial charge on any atom is 0.179 e. The van der Waals surface area contributed by atoms with Crippen molar-refractivity contribution in [3.8, 4) is 0 Å². The van der Waals surface area contributed by atoms with E-state index in [1.54, 1.807) is 0 Å². The second-order valence-electron chi connectivity index (χ2n) is 3.49. The molecule has 1 aromatic carbocycles. The van der Waals surface area contributed by atoms with Crippen LogP contribution in [0.15, 0.2) is 24.3 Å². The second kappa shape index (κ2) is 6.39. The van der Waals surface area contributed by atoms with E-state index in [-0.39, 0.29) is 23.0 Å². The van der Waals surface area contributed by atoms with Crippen LogP contribution in [0.3, 0.4) is 0 Å². The molecule has 1 atom stereocenters. The summed E-state index contributed by atoms with van der Waals surface area (Å²) in [6, 6.07) is 4.36. The predicted molar refractivity (Wildman–Crippen MR) is 75.4 cm³/mol. The van der Waals surface area contributed by atoms with Crippen LogP contribution < -0.4 is 5.32 Å². The zero-order chi connectivity index (χ0) is 19.8. The van der Waals surface area contributed by atoms with Gasteiger partial charge in [-0.3, -0.25) is 4.79 Å². The average Bonchev–Trinajstić information content (AvgIpc) is 2.39. The van der Waals surface area contributed by atoms with Crippen LogP contribution in [0.2, 0.25) is 5.02 Å². The summed E-state index contributed by atoms with van der Waals surface area (Å²) in [6.07, 6.45) is 0. The molecule has 0 heterocycles. The van der Waals surface area contributed by atoms with E-state index in [1.165, 1.54) is 31.2 Å². The Morgan fingerprint density at radius 3 is 2.65 bits per heavy atom. The van der Waals surface area contributed by atoms with E-state index in [0.29, 0.717) is 0 Å². The third-order valence-corrected chi connectivity index (χ3v) is 2.17. The maximum absolute atomic E-state index is 12.5. The van der Waals surface area contributed by atoms with Crippen molar-refractivity contribution in [2.24, 2.45) is 0 Å². The Labute approximate surface area is 127 Å². The fourth-order valence-corrected chi connectivity index (χ4v) is 1.47. The first-order chi connectivity index (χ1) is 11.0. The van der Waals surface area contributed by atoms with Gasteiger partial charge in [0, 0.05) is 28.5 Å². The van der Waals surface area contributed by atoms with Crippen molar-refractivity contribution in [2.45, 2.75) is 39.1 Å². The van der Waals surface area contributed by atoms with Crippen molar-refractivity contribution >= 4 is 29.8 Å². The summed E-state index contributed by atoms with van der Waals surface area (Å²) in [6.45, 7) is -9.06. The lowest BCUT2D eigenvalue weighted by Crippen LogP contribution is -2.46. The van der Waals surface area contributed by atoms with Gasteiger partial charge in [-0.25, -0.2) is 0 Å². The van der Waals surface area contributed by atoms with Gasteiger partial charge >= 0.3 is 0 Å². The molecule has 0 spiro atoms. The first kappa shape index (κ1) is 6.55. The number of hydrogen-bond donors (Lipinski definition) is 1. The number of carbonyl (C=O) groups excluding carboxylic acids is 1. The Morgan fingerprint density at radius 1 is 1.47 bits per heavy atom. The molecule has 0 fully saturated rings. The Balaban J connectivity index is 0.00000625. The van der Waals surface area contributed by atoms with Gasteiger partial charge in [-0.05, 0) is 39.6 Å². The number of nitrogens with one attached hydrogen (secondary N) is 1. The molecule has 4 heteroatoms. The monoisotopic (exact) mass is 284 g/mol. The third kappa shape index (κ3) is 5.53. The quantitative estimate of drug-likeness (QED) is 0.858. The van der Waals surface area contributed by atoms with Crippen LogP contribution in [0, 0.1) is 0 Å². The summed E-state index contributed by atoms with van der Waals surface area (Å²) in [5, 5.41) is 2.34. The minimum absolute atomic E-state index is 0. The van der Waals surface area contributed by atoms with E-state index in [0.717, 1.165) is 0 Å². The Morgan fingerprint density at radius 2 is 2.12 bits per heavy atom. The fourth-order valence-electron chi connectivity index (χ4n) is 1.28. The molecule has 17 heavy (non-hydrogen) atoms. The van der Waals surface area contributed by atoms with Crippen molar-refractivity contribution < 1.29 is 17.1 Å². The zero-order valence-corrected chi connectivity index (χ0v) is 10.7. The normalized spacial score (nSPS) is 22.8. The van der Waals surface area contributed by atoms with Crippen molar-refractivity contribution in [2.75, 3.05) is 0 Å². The van der Waals surface area contributed by atoms with E-state index < -0.39 is 37.9 Å². The highest BCUT2D eigenvalue weighted by Crippen LogP contribution is 2.13. The van der Waals surface area contributed by atoms with Gasteiger partial charge in [0.05, 0.1) is 6.04 Å². The van der Waals surface area contributed by atoms with E-state index in [4.69, 9.17) is 23.9 Å². The molecule has 0 aliphatic heterocycles. The molecule has 0 aliphatic carbocycles. The highest BCUT2D eigenvalue weighted by Gasteiger charge is 2.20. The van der Waals surface area contributed by atoms with Crippen molar-refractivity contribution in [1.29, 1.82) is 0 Å². The molecule has 1 aromatic rings. The summed E-state index contributed by atoms with van der Waals surface area (Å²) in [5.74, 6) is -0.676. The highest BCUT2D eigenvalue weighted by atomic mass is 35.5. The number of rotatable bonds is 3. The van der Waals surface area contributed by atoms with Gasteiger partial charge in [-0.2, -0.15) is 0 Å². The summed E-state index contributed by atoms with van der Waals surface area (Å²) in [5.41, 5.74) is -3.16. The van der Waals surface area contributed by atoms with E-state index >= 15 is 0 Å². The summed E-state index contributed by atoms with van der Waals surface area (Å²) >= 11 is 5.80. The van der Waals surface area contributed by atoms with Gasteiger partial charge < -0.3 is 5.32 Å². The molecule has 1 N–H and O–H groups in total. The number of hydrogen-bond acceptors (Lipinski definition) is 2. The van der Waals surface area contributed by atoms with Crippen LogP contribution in [-0.2, 0) is 0 Å². The molecule has 96 valence electrons. The lowest BCUT2D eigenvalue weighted by atomic mass is 10.0. The molecular formula is C13H19Cl2NO. The standard InChI is InChI=1S/C13H18ClNO.ClH/c1-9(15-13(2,3)4)12(16)10-6-5-7-11(14)8-10;/h5-9,15H,1-4H3;1H/i2D3,3D3,4D3;.